The first-order valence-corrected chi connectivity index (χ1v) is 8.24. The van der Waals surface area contributed by atoms with Crippen molar-refractivity contribution in [3.8, 4) is 0 Å². The number of hydrogen-bond acceptors (Lipinski definition) is 1. The van der Waals surface area contributed by atoms with Crippen molar-refractivity contribution in [2.24, 2.45) is 7.05 Å². The SMILES string of the molecule is CN1CCc2cc(/C=C3\CCCc4c[n+](C)ccc43)ccc21. The van der Waals surface area contributed by atoms with Gasteiger partial charge in [0.15, 0.2) is 12.4 Å². The van der Waals surface area contributed by atoms with Gasteiger partial charge in [-0.15, -0.1) is 0 Å². The van der Waals surface area contributed by atoms with Crippen LogP contribution in [-0.4, -0.2) is 13.6 Å². The number of allylic oxidation sites excluding steroid dienone is 1. The van der Waals surface area contributed by atoms with Crippen molar-refractivity contribution in [3.63, 3.8) is 0 Å². The molecule has 4 rings (SSSR count). The molecule has 112 valence electrons. The molecule has 0 radical (unpaired) electrons. The molecule has 2 heterocycles. The highest BCUT2D eigenvalue weighted by Gasteiger charge is 2.18. The Kier molecular flexibility index (Phi) is 3.25. The molecule has 2 aromatic rings. The van der Waals surface area contributed by atoms with E-state index in [0.29, 0.717) is 0 Å². The quantitative estimate of drug-likeness (QED) is 0.731. The van der Waals surface area contributed by atoms with E-state index >= 15 is 0 Å². The predicted molar refractivity (Wildman–Crippen MR) is 91.8 cm³/mol. The van der Waals surface area contributed by atoms with Gasteiger partial charge in [0.25, 0.3) is 0 Å². The summed E-state index contributed by atoms with van der Waals surface area (Å²) in [5.41, 5.74) is 8.68. The van der Waals surface area contributed by atoms with E-state index in [2.05, 4.69) is 66.3 Å². The van der Waals surface area contributed by atoms with E-state index in [-0.39, 0.29) is 0 Å². The topological polar surface area (TPSA) is 7.12 Å². The first-order chi connectivity index (χ1) is 10.7. The van der Waals surface area contributed by atoms with E-state index in [4.69, 9.17) is 0 Å². The Hall–Kier alpha value is -2.09. The van der Waals surface area contributed by atoms with Crippen molar-refractivity contribution in [3.05, 3.63) is 58.9 Å². The van der Waals surface area contributed by atoms with Crippen molar-refractivity contribution < 1.29 is 4.57 Å². The van der Waals surface area contributed by atoms with Gasteiger partial charge in [-0.2, -0.15) is 0 Å². The summed E-state index contributed by atoms with van der Waals surface area (Å²) in [6.45, 7) is 1.15. The summed E-state index contributed by atoms with van der Waals surface area (Å²) in [7, 11) is 4.29. The molecular formula is C20H23N2+. The Labute approximate surface area is 132 Å². The minimum Gasteiger partial charge on any atom is -0.374 e. The summed E-state index contributed by atoms with van der Waals surface area (Å²) >= 11 is 0. The molecule has 0 saturated heterocycles. The number of nitrogens with zero attached hydrogens (tertiary/aromatic N) is 2. The van der Waals surface area contributed by atoms with Crippen molar-refractivity contribution >= 4 is 17.3 Å². The van der Waals surface area contributed by atoms with Gasteiger partial charge >= 0.3 is 0 Å². The molecule has 1 aromatic carbocycles. The van der Waals surface area contributed by atoms with Crippen LogP contribution in [0.4, 0.5) is 5.69 Å². The van der Waals surface area contributed by atoms with Crippen LogP contribution in [0.3, 0.4) is 0 Å². The Morgan fingerprint density at radius 2 is 2.00 bits per heavy atom. The summed E-state index contributed by atoms with van der Waals surface area (Å²) in [4.78, 5) is 2.35. The molecule has 0 fully saturated rings. The molecule has 2 heteroatoms. The standard InChI is InChI=1S/C20H23N2/c1-21-10-9-19-16(4-3-5-18(19)14-21)12-15-6-7-20-17(13-15)8-11-22(20)2/h6-7,9-10,12-14H,3-5,8,11H2,1-2H3/q+1. The number of benzene rings is 1. The Morgan fingerprint density at radius 3 is 2.91 bits per heavy atom. The lowest BCUT2D eigenvalue weighted by Gasteiger charge is -2.17. The largest absolute Gasteiger partial charge is 0.374 e. The maximum absolute atomic E-state index is 2.40. The maximum Gasteiger partial charge on any atom is 0.172 e. The monoisotopic (exact) mass is 291 g/mol. The number of pyridine rings is 1. The van der Waals surface area contributed by atoms with Gasteiger partial charge in [-0.25, -0.2) is 4.57 Å². The fourth-order valence-corrected chi connectivity index (χ4v) is 3.80. The molecule has 2 nitrogen and oxygen atoms in total. The number of fused-ring (bicyclic) bond motifs is 2. The third-order valence-electron chi connectivity index (χ3n) is 4.99. The second-order valence-electron chi connectivity index (χ2n) is 6.63. The zero-order valence-electron chi connectivity index (χ0n) is 13.5. The van der Waals surface area contributed by atoms with Gasteiger partial charge in [-0.05, 0) is 60.1 Å². The van der Waals surface area contributed by atoms with Crippen molar-refractivity contribution in [2.75, 3.05) is 18.5 Å². The first kappa shape index (κ1) is 13.6. The highest BCUT2D eigenvalue weighted by atomic mass is 15.1. The van der Waals surface area contributed by atoms with Crippen LogP contribution in [0.5, 0.6) is 0 Å². The third-order valence-corrected chi connectivity index (χ3v) is 4.99. The molecule has 0 atom stereocenters. The predicted octanol–water partition coefficient (Wildman–Crippen LogP) is 3.38. The van der Waals surface area contributed by atoms with Gasteiger partial charge in [0.05, 0.1) is 0 Å². The summed E-state index contributed by atoms with van der Waals surface area (Å²) in [6.07, 6.45) is 11.7. The summed E-state index contributed by atoms with van der Waals surface area (Å²) in [5, 5.41) is 0. The molecule has 1 aliphatic heterocycles. The normalized spacial score (nSPS) is 18.5. The van der Waals surface area contributed by atoms with Crippen molar-refractivity contribution in [2.45, 2.75) is 25.7 Å². The van der Waals surface area contributed by atoms with E-state index in [9.17, 15) is 0 Å². The summed E-state index contributed by atoms with van der Waals surface area (Å²) in [5.74, 6) is 0. The van der Waals surface area contributed by atoms with E-state index in [1.54, 1.807) is 0 Å². The lowest BCUT2D eigenvalue weighted by molar-refractivity contribution is -0.672. The number of hydrogen-bond donors (Lipinski definition) is 0. The minimum absolute atomic E-state index is 1.15. The summed E-state index contributed by atoms with van der Waals surface area (Å²) < 4.78 is 2.16. The molecule has 0 bridgehead atoms. The van der Waals surface area contributed by atoms with E-state index in [1.165, 1.54) is 59.2 Å². The third kappa shape index (κ3) is 2.33. The molecule has 0 N–H and O–H groups in total. The first-order valence-electron chi connectivity index (χ1n) is 8.24. The molecule has 0 unspecified atom stereocenters. The lowest BCUT2D eigenvalue weighted by Crippen LogP contribution is -2.28. The number of likely N-dealkylation sites (N-methyl/N-ethyl adjacent to an activating group) is 1. The molecule has 1 aliphatic carbocycles. The number of aromatic nitrogens is 1. The second-order valence-corrected chi connectivity index (χ2v) is 6.63. The van der Waals surface area contributed by atoms with Crippen LogP contribution < -0.4 is 9.47 Å². The van der Waals surface area contributed by atoms with E-state index in [1.807, 2.05) is 0 Å². The van der Waals surface area contributed by atoms with Crippen LogP contribution in [0.1, 0.15) is 35.1 Å². The Balaban J connectivity index is 1.73. The number of aryl methyl sites for hydroxylation is 2. The molecule has 1 aromatic heterocycles. The van der Waals surface area contributed by atoms with Crippen molar-refractivity contribution in [1.29, 1.82) is 0 Å². The van der Waals surface area contributed by atoms with Crippen LogP contribution in [0.25, 0.3) is 11.6 Å². The molecule has 2 aliphatic rings. The molecule has 0 amide bonds. The van der Waals surface area contributed by atoms with Gasteiger partial charge in [0.1, 0.15) is 7.05 Å². The number of anilines is 1. The second kappa shape index (κ2) is 5.28. The molecular weight excluding hydrogens is 268 g/mol. The van der Waals surface area contributed by atoms with Crippen molar-refractivity contribution in [1.82, 2.24) is 0 Å². The van der Waals surface area contributed by atoms with Crippen LogP contribution in [0, 0.1) is 0 Å². The average molecular weight is 291 g/mol. The molecule has 0 spiro atoms. The zero-order chi connectivity index (χ0) is 15.1. The molecule has 22 heavy (non-hydrogen) atoms. The Morgan fingerprint density at radius 1 is 1.09 bits per heavy atom. The van der Waals surface area contributed by atoms with Crippen LogP contribution in [0.15, 0.2) is 36.7 Å². The maximum atomic E-state index is 2.40. The fraction of sp³-hybridized carbons (Fsp3) is 0.350. The van der Waals surface area contributed by atoms with E-state index in [0.717, 1.165) is 6.54 Å². The summed E-state index contributed by atoms with van der Waals surface area (Å²) in [6, 6.07) is 9.21. The average Bonchev–Trinajstić information content (AvgIpc) is 2.88. The smallest absolute Gasteiger partial charge is 0.172 e. The fourth-order valence-electron chi connectivity index (χ4n) is 3.80. The van der Waals surface area contributed by atoms with Gasteiger partial charge < -0.3 is 4.90 Å². The highest BCUT2D eigenvalue weighted by Crippen LogP contribution is 2.33. The Bertz CT molecular complexity index is 758. The zero-order valence-corrected chi connectivity index (χ0v) is 13.5. The van der Waals surface area contributed by atoms with Gasteiger partial charge in [-0.1, -0.05) is 12.1 Å². The van der Waals surface area contributed by atoms with Crippen LogP contribution in [-0.2, 0) is 19.9 Å². The van der Waals surface area contributed by atoms with Crippen LogP contribution in [0.2, 0.25) is 0 Å². The number of rotatable bonds is 1. The van der Waals surface area contributed by atoms with Gasteiger partial charge in [-0.3, -0.25) is 0 Å². The van der Waals surface area contributed by atoms with Gasteiger partial charge in [0.2, 0.25) is 0 Å². The molecule has 0 saturated carbocycles. The highest BCUT2D eigenvalue weighted by molar-refractivity contribution is 5.84. The van der Waals surface area contributed by atoms with Gasteiger partial charge in [0, 0.05) is 30.9 Å². The van der Waals surface area contributed by atoms with Crippen LogP contribution >= 0.6 is 0 Å². The van der Waals surface area contributed by atoms with E-state index < -0.39 is 0 Å². The minimum atomic E-state index is 1.15. The lowest BCUT2D eigenvalue weighted by atomic mass is 9.87.